The monoisotopic (exact) mass is 628 g/mol. The average molecular weight is 629 g/mol. The number of hydrogen-bond donors (Lipinski definition) is 0. The summed E-state index contributed by atoms with van der Waals surface area (Å²) in [5.74, 6) is 1.86. The standard InChI is InChI=1S/C18H23NS.C18H25N.2CO2/c1-3-18-12-17(9-10-17)15(18)11-19(16(18)20)13(2)14-7-5-4-6-8-14;1-3-17-12-18(9-10-18)16(17)11-19(13-17)14(2)15-7-5-4-6-8-15;2*2-1-3/h4-8,13,15H,3,9-12H2,1-2H3;4-8,14,16H,3,9-13H2,1-2H3;;/t13-,15-,18+;14-,16+,17-;;/m00../s1. The molecular weight excluding hydrogens is 580 g/mol. The van der Waals surface area contributed by atoms with E-state index in [4.69, 9.17) is 31.4 Å². The fraction of sp³-hybridized carbons (Fsp3) is 0.605. The molecule has 2 heterocycles. The second-order valence-corrected chi connectivity index (χ2v) is 15.0. The summed E-state index contributed by atoms with van der Waals surface area (Å²) in [7, 11) is 0. The maximum absolute atomic E-state index is 8.12. The first-order valence-corrected chi connectivity index (χ1v) is 17.2. The zero-order valence-corrected chi connectivity index (χ0v) is 28.1. The van der Waals surface area contributed by atoms with Crippen molar-refractivity contribution in [3.63, 3.8) is 0 Å². The van der Waals surface area contributed by atoms with Crippen molar-refractivity contribution in [2.24, 2.45) is 33.5 Å². The van der Waals surface area contributed by atoms with Crippen LogP contribution in [0.25, 0.3) is 0 Å². The third kappa shape index (κ3) is 5.78. The molecule has 4 aliphatic carbocycles. The van der Waals surface area contributed by atoms with Crippen LogP contribution in [0.2, 0.25) is 0 Å². The van der Waals surface area contributed by atoms with Crippen LogP contribution in [0.4, 0.5) is 0 Å². The van der Waals surface area contributed by atoms with E-state index < -0.39 is 0 Å². The molecule has 4 saturated carbocycles. The van der Waals surface area contributed by atoms with Crippen LogP contribution in [-0.2, 0) is 19.2 Å². The van der Waals surface area contributed by atoms with Crippen LogP contribution < -0.4 is 0 Å². The van der Waals surface area contributed by atoms with Crippen LogP contribution in [0.3, 0.4) is 0 Å². The number of rotatable bonds is 6. The Kier molecular flexibility index (Phi) is 9.69. The van der Waals surface area contributed by atoms with Crippen molar-refractivity contribution < 1.29 is 19.2 Å². The molecule has 6 aliphatic rings. The maximum Gasteiger partial charge on any atom is 0.373 e. The first-order chi connectivity index (χ1) is 21.6. The van der Waals surface area contributed by atoms with Gasteiger partial charge in [-0.3, -0.25) is 4.90 Å². The fourth-order valence-corrected chi connectivity index (χ4v) is 10.7. The molecule has 2 saturated heterocycles. The van der Waals surface area contributed by atoms with Gasteiger partial charge in [0.1, 0.15) is 0 Å². The van der Waals surface area contributed by atoms with E-state index in [0.29, 0.717) is 28.3 Å². The van der Waals surface area contributed by atoms with Gasteiger partial charge in [-0.1, -0.05) is 86.7 Å². The van der Waals surface area contributed by atoms with E-state index >= 15 is 0 Å². The van der Waals surface area contributed by atoms with Crippen molar-refractivity contribution in [1.29, 1.82) is 0 Å². The number of thiocarbonyl (C=S) groups is 1. The molecule has 45 heavy (non-hydrogen) atoms. The van der Waals surface area contributed by atoms with E-state index in [2.05, 4.69) is 98.2 Å². The SMILES string of the molecule is CC[C@@]12CC3(CC3)[C@@H]1CN([C@@H](C)c1ccccc1)C2=S.CC[C@]12CN([C@@H](C)c3ccccc3)C[C@H]1C1(CC1)C2.O=C=O.O=C=O. The largest absolute Gasteiger partial charge is 0.373 e. The average Bonchev–Trinajstić information content (AvgIpc) is 3.98. The number of hydrogen-bond acceptors (Lipinski definition) is 6. The minimum Gasteiger partial charge on any atom is -0.359 e. The highest BCUT2D eigenvalue weighted by atomic mass is 32.1. The van der Waals surface area contributed by atoms with E-state index in [1.54, 1.807) is 0 Å². The molecule has 6 fully saturated rings. The van der Waals surface area contributed by atoms with E-state index in [1.807, 2.05) is 0 Å². The van der Waals surface area contributed by atoms with Gasteiger partial charge in [0.15, 0.2) is 0 Å². The van der Waals surface area contributed by atoms with Crippen LogP contribution in [0, 0.1) is 33.5 Å². The second kappa shape index (κ2) is 13.0. The number of nitrogens with zero attached hydrogens (tertiary/aromatic N) is 2. The molecule has 0 amide bonds. The molecule has 8 rings (SSSR count). The van der Waals surface area contributed by atoms with Crippen LogP contribution in [0.15, 0.2) is 60.7 Å². The topological polar surface area (TPSA) is 74.8 Å². The summed E-state index contributed by atoms with van der Waals surface area (Å²) < 4.78 is 0. The highest BCUT2D eigenvalue weighted by Crippen LogP contribution is 2.77. The lowest BCUT2D eigenvalue weighted by atomic mass is 9.52. The van der Waals surface area contributed by atoms with Gasteiger partial charge in [-0.2, -0.15) is 19.2 Å². The Morgan fingerprint density at radius 1 is 0.733 bits per heavy atom. The minimum atomic E-state index is 0.250. The molecule has 2 aliphatic heterocycles. The summed E-state index contributed by atoms with van der Waals surface area (Å²) in [6.45, 7) is 13.3. The number of benzene rings is 2. The normalized spacial score (nSPS) is 31.4. The first kappa shape index (κ1) is 33.4. The third-order valence-electron chi connectivity index (χ3n) is 13.0. The van der Waals surface area contributed by atoms with Crippen LogP contribution in [0.1, 0.15) is 102 Å². The summed E-state index contributed by atoms with van der Waals surface area (Å²) in [4.78, 5) is 39.1. The lowest BCUT2D eigenvalue weighted by molar-refractivity contribution is -0.193. The van der Waals surface area contributed by atoms with Gasteiger partial charge in [0.2, 0.25) is 0 Å². The van der Waals surface area contributed by atoms with Gasteiger partial charge in [0.25, 0.3) is 0 Å². The molecule has 2 aromatic rings. The Morgan fingerprint density at radius 2 is 1.22 bits per heavy atom. The quantitative estimate of drug-likeness (QED) is 0.304. The molecule has 0 bridgehead atoms. The van der Waals surface area contributed by atoms with Gasteiger partial charge in [-0.25, -0.2) is 0 Å². The summed E-state index contributed by atoms with van der Waals surface area (Å²) in [5, 5.41) is 0. The number of fused-ring (bicyclic) bond motifs is 4. The van der Waals surface area contributed by atoms with Gasteiger partial charge < -0.3 is 4.90 Å². The van der Waals surface area contributed by atoms with Gasteiger partial charge >= 0.3 is 12.3 Å². The van der Waals surface area contributed by atoms with Crippen LogP contribution in [0.5, 0.6) is 0 Å². The van der Waals surface area contributed by atoms with Crippen LogP contribution in [-0.4, -0.2) is 46.7 Å². The second-order valence-electron chi connectivity index (χ2n) is 14.6. The zero-order valence-electron chi connectivity index (χ0n) is 27.3. The molecule has 2 spiro atoms. The number of carbonyl (C=O) groups excluding carboxylic acids is 4. The van der Waals surface area contributed by atoms with Gasteiger partial charge in [0.05, 0.1) is 11.0 Å². The molecule has 0 N–H and O–H groups in total. The highest BCUT2D eigenvalue weighted by molar-refractivity contribution is 7.80. The Morgan fingerprint density at radius 3 is 1.69 bits per heavy atom. The van der Waals surface area contributed by atoms with Gasteiger partial charge in [0, 0.05) is 31.1 Å². The van der Waals surface area contributed by atoms with Crippen molar-refractivity contribution >= 4 is 29.5 Å². The Labute approximate surface area is 273 Å². The Hall–Kier alpha value is -2.95. The number of likely N-dealkylation sites (tertiary alicyclic amines) is 2. The summed E-state index contributed by atoms with van der Waals surface area (Å²) in [6, 6.07) is 22.9. The van der Waals surface area contributed by atoms with E-state index in [1.165, 1.54) is 87.1 Å². The lowest BCUT2D eigenvalue weighted by Crippen LogP contribution is -2.50. The molecular formula is C38H48N2O4S. The van der Waals surface area contributed by atoms with Crippen molar-refractivity contribution in [3.8, 4) is 0 Å². The summed E-state index contributed by atoms with van der Waals surface area (Å²) in [5.41, 5.74) is 5.44. The first-order valence-electron chi connectivity index (χ1n) is 16.8. The Bertz CT molecular complexity index is 1400. The molecule has 0 unspecified atom stereocenters. The summed E-state index contributed by atoms with van der Waals surface area (Å²) in [6.07, 6.45) is 12.0. The highest BCUT2D eigenvalue weighted by Gasteiger charge is 2.73. The third-order valence-corrected chi connectivity index (χ3v) is 13.6. The molecule has 7 heteroatoms. The summed E-state index contributed by atoms with van der Waals surface area (Å²) >= 11 is 5.94. The van der Waals surface area contributed by atoms with Crippen molar-refractivity contribution in [2.75, 3.05) is 19.6 Å². The lowest BCUT2D eigenvalue weighted by Gasteiger charge is -2.52. The van der Waals surface area contributed by atoms with Crippen molar-refractivity contribution in [3.05, 3.63) is 71.8 Å². The van der Waals surface area contributed by atoms with Gasteiger partial charge in [-0.05, 0) is 104 Å². The predicted molar refractivity (Wildman–Crippen MR) is 176 cm³/mol. The molecule has 0 aromatic heterocycles. The smallest absolute Gasteiger partial charge is 0.359 e. The maximum atomic E-state index is 8.12. The minimum absolute atomic E-state index is 0.250. The molecule has 240 valence electrons. The predicted octanol–water partition coefficient (Wildman–Crippen LogP) is 7.68. The van der Waals surface area contributed by atoms with E-state index in [0.717, 1.165) is 17.3 Å². The molecule has 0 radical (unpaired) electrons. The molecule has 6 atom stereocenters. The zero-order chi connectivity index (χ0) is 32.5. The molecule has 6 nitrogen and oxygen atoms in total. The van der Waals surface area contributed by atoms with Gasteiger partial charge in [-0.15, -0.1) is 0 Å². The van der Waals surface area contributed by atoms with Crippen LogP contribution >= 0.6 is 12.2 Å². The molecule has 2 aromatic carbocycles. The fourth-order valence-electron chi connectivity index (χ4n) is 10.1. The van der Waals surface area contributed by atoms with E-state index in [9.17, 15) is 0 Å². The van der Waals surface area contributed by atoms with Crippen molar-refractivity contribution in [2.45, 2.75) is 91.1 Å². The Balaban J connectivity index is 0.000000152. The van der Waals surface area contributed by atoms with Crippen molar-refractivity contribution in [1.82, 2.24) is 9.80 Å². The van der Waals surface area contributed by atoms with E-state index in [-0.39, 0.29) is 12.3 Å².